The number of nitrogens with one attached hydrogen (secondary N) is 1. The van der Waals surface area contributed by atoms with Gasteiger partial charge >= 0.3 is 0 Å². The molecule has 0 unspecified atom stereocenters. The zero-order valence-electron chi connectivity index (χ0n) is 10.8. The molecule has 5 nitrogen and oxygen atoms in total. The number of unbranched alkanes of at least 4 members (excludes halogenated alkanes) is 1. The van der Waals surface area contributed by atoms with Crippen LogP contribution in [0, 0.1) is 0 Å². The van der Waals surface area contributed by atoms with Crippen molar-refractivity contribution in [3.8, 4) is 0 Å². The lowest BCUT2D eigenvalue weighted by molar-refractivity contribution is 0.146. The Labute approximate surface area is 103 Å². The minimum Gasteiger partial charge on any atom is -0.338 e. The van der Waals surface area contributed by atoms with Crippen molar-refractivity contribution in [1.29, 1.82) is 0 Å². The third kappa shape index (κ3) is 3.51. The van der Waals surface area contributed by atoms with Crippen LogP contribution >= 0.6 is 0 Å². The third-order valence-corrected chi connectivity index (χ3v) is 3.24. The number of rotatable bonds is 5. The Morgan fingerprint density at radius 2 is 2.41 bits per heavy atom. The van der Waals surface area contributed by atoms with Crippen LogP contribution in [0.25, 0.3) is 0 Å². The molecule has 1 aromatic rings. The first-order valence-corrected chi connectivity index (χ1v) is 6.56. The highest BCUT2D eigenvalue weighted by molar-refractivity contribution is 4.88. The molecule has 1 aliphatic rings. The standard InChI is InChI=1S/C12H22N4O/c1-3-4-5-11-14-12(17-15-11)9-16-7-6-13-8-10(16)2/h10,13H,3-9H2,1-2H3/t10-/m1/s1. The van der Waals surface area contributed by atoms with Gasteiger partial charge < -0.3 is 9.84 Å². The van der Waals surface area contributed by atoms with E-state index in [9.17, 15) is 0 Å². The second kappa shape index (κ2) is 6.12. The topological polar surface area (TPSA) is 54.2 Å². The molecular formula is C12H22N4O. The van der Waals surface area contributed by atoms with E-state index in [4.69, 9.17) is 4.52 Å². The van der Waals surface area contributed by atoms with Crippen LogP contribution in [0.5, 0.6) is 0 Å². The maximum absolute atomic E-state index is 5.29. The highest BCUT2D eigenvalue weighted by Crippen LogP contribution is 2.09. The van der Waals surface area contributed by atoms with Crippen molar-refractivity contribution < 1.29 is 4.52 Å². The zero-order chi connectivity index (χ0) is 12.1. The summed E-state index contributed by atoms with van der Waals surface area (Å²) >= 11 is 0. The van der Waals surface area contributed by atoms with Crippen LogP contribution in [-0.2, 0) is 13.0 Å². The molecule has 1 atom stereocenters. The molecule has 1 aromatic heterocycles. The summed E-state index contributed by atoms with van der Waals surface area (Å²) in [5, 5.41) is 7.39. The average molecular weight is 238 g/mol. The summed E-state index contributed by atoms with van der Waals surface area (Å²) in [6.45, 7) is 8.30. The molecule has 0 bridgehead atoms. The highest BCUT2D eigenvalue weighted by Gasteiger charge is 2.20. The number of hydrogen-bond donors (Lipinski definition) is 1. The highest BCUT2D eigenvalue weighted by atomic mass is 16.5. The van der Waals surface area contributed by atoms with Gasteiger partial charge in [0.25, 0.3) is 0 Å². The quantitative estimate of drug-likeness (QED) is 0.835. The van der Waals surface area contributed by atoms with Crippen molar-refractivity contribution in [2.75, 3.05) is 19.6 Å². The van der Waals surface area contributed by atoms with Crippen LogP contribution in [0.15, 0.2) is 4.52 Å². The zero-order valence-corrected chi connectivity index (χ0v) is 10.8. The number of piperazine rings is 1. The molecule has 0 amide bonds. The Morgan fingerprint density at radius 1 is 1.53 bits per heavy atom. The molecule has 0 aliphatic carbocycles. The Balaban J connectivity index is 1.87. The Morgan fingerprint density at radius 3 is 3.18 bits per heavy atom. The molecule has 1 fully saturated rings. The molecule has 5 heteroatoms. The van der Waals surface area contributed by atoms with Crippen LogP contribution in [0.1, 0.15) is 38.4 Å². The van der Waals surface area contributed by atoms with Gasteiger partial charge in [-0.25, -0.2) is 0 Å². The molecule has 0 saturated carbocycles. The summed E-state index contributed by atoms with van der Waals surface area (Å²) in [5.41, 5.74) is 0. The molecule has 1 aliphatic heterocycles. The Hall–Kier alpha value is -0.940. The molecule has 96 valence electrons. The second-order valence-corrected chi connectivity index (χ2v) is 4.73. The fourth-order valence-corrected chi connectivity index (χ4v) is 2.08. The van der Waals surface area contributed by atoms with E-state index < -0.39 is 0 Å². The van der Waals surface area contributed by atoms with Gasteiger partial charge in [0.1, 0.15) is 0 Å². The van der Waals surface area contributed by atoms with Gasteiger partial charge in [-0.05, 0) is 13.3 Å². The fraction of sp³-hybridized carbons (Fsp3) is 0.833. The summed E-state index contributed by atoms with van der Waals surface area (Å²) in [6, 6.07) is 0.537. The van der Waals surface area contributed by atoms with Crippen LogP contribution in [0.4, 0.5) is 0 Å². The van der Waals surface area contributed by atoms with Crippen molar-refractivity contribution in [2.24, 2.45) is 0 Å². The molecule has 2 rings (SSSR count). The minimum absolute atomic E-state index is 0.537. The fourth-order valence-electron chi connectivity index (χ4n) is 2.08. The van der Waals surface area contributed by atoms with Gasteiger partial charge in [0.15, 0.2) is 5.82 Å². The lowest BCUT2D eigenvalue weighted by Gasteiger charge is -2.32. The van der Waals surface area contributed by atoms with Gasteiger partial charge in [0.05, 0.1) is 6.54 Å². The van der Waals surface area contributed by atoms with E-state index in [2.05, 4.69) is 34.2 Å². The molecule has 2 heterocycles. The van der Waals surface area contributed by atoms with Gasteiger partial charge in [-0.1, -0.05) is 18.5 Å². The number of aryl methyl sites for hydroxylation is 1. The van der Waals surface area contributed by atoms with Crippen LogP contribution in [0.3, 0.4) is 0 Å². The molecule has 17 heavy (non-hydrogen) atoms. The second-order valence-electron chi connectivity index (χ2n) is 4.73. The van der Waals surface area contributed by atoms with Crippen LogP contribution in [0.2, 0.25) is 0 Å². The monoisotopic (exact) mass is 238 g/mol. The van der Waals surface area contributed by atoms with Gasteiger partial charge in [-0.15, -0.1) is 0 Å². The summed E-state index contributed by atoms with van der Waals surface area (Å²) in [4.78, 5) is 6.82. The lowest BCUT2D eigenvalue weighted by atomic mass is 10.2. The van der Waals surface area contributed by atoms with E-state index in [0.29, 0.717) is 6.04 Å². The molecule has 0 radical (unpaired) electrons. The first-order chi connectivity index (χ1) is 8.29. The van der Waals surface area contributed by atoms with E-state index in [1.54, 1.807) is 0 Å². The third-order valence-electron chi connectivity index (χ3n) is 3.24. The van der Waals surface area contributed by atoms with Crippen LogP contribution in [-0.4, -0.2) is 40.7 Å². The maximum Gasteiger partial charge on any atom is 0.240 e. The summed E-state index contributed by atoms with van der Waals surface area (Å²) in [7, 11) is 0. The Bertz CT molecular complexity index is 339. The number of nitrogens with zero attached hydrogens (tertiary/aromatic N) is 3. The van der Waals surface area contributed by atoms with Crippen molar-refractivity contribution in [1.82, 2.24) is 20.4 Å². The van der Waals surface area contributed by atoms with E-state index in [1.807, 2.05) is 0 Å². The lowest BCUT2D eigenvalue weighted by Crippen LogP contribution is -2.49. The van der Waals surface area contributed by atoms with Gasteiger partial charge in [0, 0.05) is 32.1 Å². The Kier molecular flexibility index (Phi) is 4.50. The summed E-state index contributed by atoms with van der Waals surface area (Å²) < 4.78 is 5.29. The van der Waals surface area contributed by atoms with E-state index in [1.165, 1.54) is 6.42 Å². The largest absolute Gasteiger partial charge is 0.338 e. The first kappa shape index (κ1) is 12.5. The minimum atomic E-state index is 0.537. The van der Waals surface area contributed by atoms with Crippen LogP contribution < -0.4 is 5.32 Å². The van der Waals surface area contributed by atoms with Crippen molar-refractivity contribution >= 4 is 0 Å². The van der Waals surface area contributed by atoms with Gasteiger partial charge in [-0.3, -0.25) is 4.90 Å². The maximum atomic E-state index is 5.29. The van der Waals surface area contributed by atoms with E-state index in [-0.39, 0.29) is 0 Å². The average Bonchev–Trinajstić information content (AvgIpc) is 2.77. The van der Waals surface area contributed by atoms with Gasteiger partial charge in [0.2, 0.25) is 5.89 Å². The predicted octanol–water partition coefficient (Wildman–Crippen LogP) is 1.21. The van der Waals surface area contributed by atoms with Crippen molar-refractivity contribution in [2.45, 2.75) is 45.7 Å². The summed E-state index contributed by atoms with van der Waals surface area (Å²) in [6.07, 6.45) is 3.22. The number of aromatic nitrogens is 2. The molecule has 1 N–H and O–H groups in total. The smallest absolute Gasteiger partial charge is 0.240 e. The van der Waals surface area contributed by atoms with E-state index in [0.717, 1.165) is 50.7 Å². The van der Waals surface area contributed by atoms with Crippen molar-refractivity contribution in [3.63, 3.8) is 0 Å². The molecule has 0 spiro atoms. The normalized spacial score (nSPS) is 21.9. The summed E-state index contributed by atoms with van der Waals surface area (Å²) in [5.74, 6) is 1.61. The SMILES string of the molecule is CCCCc1noc(CN2CCNC[C@H]2C)n1. The predicted molar refractivity (Wildman–Crippen MR) is 65.7 cm³/mol. The van der Waals surface area contributed by atoms with Crippen molar-refractivity contribution in [3.05, 3.63) is 11.7 Å². The molecular weight excluding hydrogens is 216 g/mol. The molecule has 0 aromatic carbocycles. The first-order valence-electron chi connectivity index (χ1n) is 6.56. The van der Waals surface area contributed by atoms with Gasteiger partial charge in [-0.2, -0.15) is 4.98 Å². The number of hydrogen-bond acceptors (Lipinski definition) is 5. The van der Waals surface area contributed by atoms with E-state index >= 15 is 0 Å². The molecule has 1 saturated heterocycles.